The number of anilines is 1. The van der Waals surface area contributed by atoms with Gasteiger partial charge in [-0.2, -0.15) is 5.10 Å². The van der Waals surface area contributed by atoms with Crippen LogP contribution < -0.4 is 11.1 Å². The Kier molecular flexibility index (Phi) is 2.66. The lowest BCUT2D eigenvalue weighted by Crippen LogP contribution is -2.43. The van der Waals surface area contributed by atoms with Crippen LogP contribution in [0, 0.1) is 0 Å². The Bertz CT molecular complexity index is 555. The maximum Gasteiger partial charge on any atom is 0.163 e. The summed E-state index contributed by atoms with van der Waals surface area (Å²) in [7, 11) is 1.88. The SMILES string of the molecule is Cn1ncc2c(NC3(CN)CCCC3)ncnc21. The van der Waals surface area contributed by atoms with E-state index in [0.29, 0.717) is 6.54 Å². The van der Waals surface area contributed by atoms with Gasteiger partial charge in [-0.25, -0.2) is 9.97 Å². The van der Waals surface area contributed by atoms with Gasteiger partial charge >= 0.3 is 0 Å². The summed E-state index contributed by atoms with van der Waals surface area (Å²) in [6.07, 6.45) is 8.05. The molecule has 6 heteroatoms. The molecular formula is C12H18N6. The molecule has 1 saturated carbocycles. The first-order valence-corrected chi connectivity index (χ1v) is 6.35. The molecule has 1 aliphatic carbocycles. The highest BCUT2D eigenvalue weighted by Gasteiger charge is 2.33. The zero-order chi connectivity index (χ0) is 12.6. The Balaban J connectivity index is 1.99. The van der Waals surface area contributed by atoms with Gasteiger partial charge < -0.3 is 11.1 Å². The summed E-state index contributed by atoms with van der Waals surface area (Å²) < 4.78 is 1.76. The van der Waals surface area contributed by atoms with Gasteiger partial charge in [0.05, 0.1) is 17.1 Å². The van der Waals surface area contributed by atoms with Crippen LogP contribution in [0.2, 0.25) is 0 Å². The van der Waals surface area contributed by atoms with Crippen molar-refractivity contribution < 1.29 is 0 Å². The summed E-state index contributed by atoms with van der Waals surface area (Å²) in [6.45, 7) is 0.638. The van der Waals surface area contributed by atoms with Crippen LogP contribution in [0.1, 0.15) is 25.7 Å². The second kappa shape index (κ2) is 4.20. The number of hydrogen-bond acceptors (Lipinski definition) is 5. The largest absolute Gasteiger partial charge is 0.363 e. The minimum absolute atomic E-state index is 0.00285. The van der Waals surface area contributed by atoms with Crippen molar-refractivity contribution in [3.63, 3.8) is 0 Å². The standard InChI is InChI=1S/C12H18N6/c1-18-11-9(6-16-18)10(14-8-15-11)17-12(7-13)4-2-3-5-12/h6,8H,2-5,7,13H2,1H3,(H,14,15,17). The minimum atomic E-state index is -0.00285. The summed E-state index contributed by atoms with van der Waals surface area (Å²) in [4.78, 5) is 8.59. The van der Waals surface area contributed by atoms with Crippen molar-refractivity contribution >= 4 is 16.9 Å². The smallest absolute Gasteiger partial charge is 0.163 e. The van der Waals surface area contributed by atoms with Gasteiger partial charge in [-0.15, -0.1) is 0 Å². The highest BCUT2D eigenvalue weighted by atomic mass is 15.3. The molecule has 2 aromatic rings. The third kappa shape index (κ3) is 1.73. The molecule has 0 saturated heterocycles. The molecule has 0 atom stereocenters. The average molecular weight is 246 g/mol. The van der Waals surface area contributed by atoms with Crippen molar-refractivity contribution in [2.24, 2.45) is 12.8 Å². The monoisotopic (exact) mass is 246 g/mol. The molecule has 0 aromatic carbocycles. The van der Waals surface area contributed by atoms with Gasteiger partial charge in [0.1, 0.15) is 12.1 Å². The number of rotatable bonds is 3. The second-order valence-corrected chi connectivity index (χ2v) is 5.04. The summed E-state index contributed by atoms with van der Waals surface area (Å²) in [6, 6.07) is 0. The van der Waals surface area contributed by atoms with E-state index in [1.54, 1.807) is 17.2 Å². The number of nitrogens with two attached hydrogens (primary N) is 1. The van der Waals surface area contributed by atoms with E-state index in [4.69, 9.17) is 5.73 Å². The first-order chi connectivity index (χ1) is 8.74. The fraction of sp³-hybridized carbons (Fsp3) is 0.583. The van der Waals surface area contributed by atoms with Crippen molar-refractivity contribution in [2.75, 3.05) is 11.9 Å². The number of nitrogens with one attached hydrogen (secondary N) is 1. The van der Waals surface area contributed by atoms with E-state index in [-0.39, 0.29) is 5.54 Å². The second-order valence-electron chi connectivity index (χ2n) is 5.04. The van der Waals surface area contributed by atoms with Gasteiger partial charge in [0, 0.05) is 13.6 Å². The molecule has 2 heterocycles. The van der Waals surface area contributed by atoms with Crippen molar-refractivity contribution in [1.82, 2.24) is 19.7 Å². The van der Waals surface area contributed by atoms with E-state index in [0.717, 1.165) is 29.7 Å². The number of aryl methyl sites for hydroxylation is 1. The molecule has 1 fully saturated rings. The highest BCUT2D eigenvalue weighted by Crippen LogP contribution is 2.33. The molecule has 3 N–H and O–H groups in total. The van der Waals surface area contributed by atoms with Crippen LogP contribution in [-0.4, -0.2) is 31.8 Å². The first kappa shape index (κ1) is 11.4. The molecule has 3 rings (SSSR count). The zero-order valence-corrected chi connectivity index (χ0v) is 10.6. The molecule has 0 spiro atoms. The Morgan fingerprint density at radius 3 is 2.89 bits per heavy atom. The molecule has 0 unspecified atom stereocenters. The molecule has 6 nitrogen and oxygen atoms in total. The topological polar surface area (TPSA) is 81.7 Å². The van der Waals surface area contributed by atoms with Gasteiger partial charge in [0.2, 0.25) is 0 Å². The number of nitrogens with zero attached hydrogens (tertiary/aromatic N) is 4. The Labute approximate surface area is 106 Å². The number of hydrogen-bond donors (Lipinski definition) is 2. The molecule has 0 aliphatic heterocycles. The third-order valence-electron chi connectivity index (χ3n) is 3.86. The molecule has 2 aromatic heterocycles. The summed E-state index contributed by atoms with van der Waals surface area (Å²) in [5.41, 5.74) is 6.78. The van der Waals surface area contributed by atoms with E-state index in [9.17, 15) is 0 Å². The lowest BCUT2D eigenvalue weighted by molar-refractivity contribution is 0.492. The van der Waals surface area contributed by atoms with E-state index in [1.807, 2.05) is 7.05 Å². The lowest BCUT2D eigenvalue weighted by atomic mass is 9.98. The van der Waals surface area contributed by atoms with Crippen molar-refractivity contribution in [3.05, 3.63) is 12.5 Å². The molecule has 0 bridgehead atoms. The fourth-order valence-corrected chi connectivity index (χ4v) is 2.74. The fourth-order valence-electron chi connectivity index (χ4n) is 2.74. The zero-order valence-electron chi connectivity index (χ0n) is 10.6. The van der Waals surface area contributed by atoms with Crippen LogP contribution >= 0.6 is 0 Å². The van der Waals surface area contributed by atoms with Gasteiger partial charge in [-0.3, -0.25) is 4.68 Å². The lowest BCUT2D eigenvalue weighted by Gasteiger charge is -2.29. The van der Waals surface area contributed by atoms with Gasteiger partial charge in [0.15, 0.2) is 5.65 Å². The highest BCUT2D eigenvalue weighted by molar-refractivity contribution is 5.86. The third-order valence-corrected chi connectivity index (χ3v) is 3.86. The van der Waals surface area contributed by atoms with Gasteiger partial charge in [-0.1, -0.05) is 12.8 Å². The molecule has 0 amide bonds. The predicted molar refractivity (Wildman–Crippen MR) is 70.2 cm³/mol. The van der Waals surface area contributed by atoms with Gasteiger partial charge in [-0.05, 0) is 12.8 Å². The quantitative estimate of drug-likeness (QED) is 0.846. The van der Waals surface area contributed by atoms with Crippen LogP contribution in [0.25, 0.3) is 11.0 Å². The maximum absolute atomic E-state index is 5.94. The maximum atomic E-state index is 5.94. The van der Waals surface area contributed by atoms with E-state index < -0.39 is 0 Å². The van der Waals surface area contributed by atoms with E-state index in [2.05, 4.69) is 20.4 Å². The van der Waals surface area contributed by atoms with Crippen molar-refractivity contribution in [3.8, 4) is 0 Å². The van der Waals surface area contributed by atoms with Crippen LogP contribution in [0.4, 0.5) is 5.82 Å². The normalized spacial score (nSPS) is 18.3. The predicted octanol–water partition coefficient (Wildman–Crippen LogP) is 1.05. The summed E-state index contributed by atoms with van der Waals surface area (Å²) in [5, 5.41) is 8.71. The van der Waals surface area contributed by atoms with Gasteiger partial charge in [0.25, 0.3) is 0 Å². The summed E-state index contributed by atoms with van der Waals surface area (Å²) in [5.74, 6) is 0.848. The minimum Gasteiger partial charge on any atom is -0.363 e. The molecule has 18 heavy (non-hydrogen) atoms. The average Bonchev–Trinajstić information content (AvgIpc) is 2.99. The van der Waals surface area contributed by atoms with Crippen LogP contribution in [0.3, 0.4) is 0 Å². The van der Waals surface area contributed by atoms with E-state index in [1.165, 1.54) is 12.8 Å². The Morgan fingerprint density at radius 1 is 1.39 bits per heavy atom. The van der Waals surface area contributed by atoms with Crippen molar-refractivity contribution in [2.45, 2.75) is 31.2 Å². The molecular weight excluding hydrogens is 228 g/mol. The number of aromatic nitrogens is 4. The molecule has 96 valence electrons. The van der Waals surface area contributed by atoms with Crippen LogP contribution in [0.5, 0.6) is 0 Å². The number of fused-ring (bicyclic) bond motifs is 1. The molecule has 1 aliphatic rings. The van der Waals surface area contributed by atoms with Crippen molar-refractivity contribution in [1.29, 1.82) is 0 Å². The Morgan fingerprint density at radius 2 is 2.17 bits per heavy atom. The van der Waals surface area contributed by atoms with E-state index >= 15 is 0 Å². The summed E-state index contributed by atoms with van der Waals surface area (Å²) >= 11 is 0. The first-order valence-electron chi connectivity index (χ1n) is 6.35. The molecule has 0 radical (unpaired) electrons. The van der Waals surface area contributed by atoms with Crippen LogP contribution in [0.15, 0.2) is 12.5 Å². The van der Waals surface area contributed by atoms with Crippen LogP contribution in [-0.2, 0) is 7.05 Å². The Hall–Kier alpha value is -1.69.